The second-order valence-electron chi connectivity index (χ2n) is 3.96. The van der Waals surface area contributed by atoms with Crippen molar-refractivity contribution in [3.63, 3.8) is 0 Å². The molecular weight excluding hydrogens is 222 g/mol. The number of nitrogens with one attached hydrogen (secondary N) is 1. The molecule has 0 unspecified atom stereocenters. The molecule has 1 saturated carbocycles. The van der Waals surface area contributed by atoms with Crippen LogP contribution >= 0.6 is 11.6 Å². The van der Waals surface area contributed by atoms with E-state index in [0.29, 0.717) is 12.5 Å². The lowest BCUT2D eigenvalue weighted by Gasteiger charge is -2.30. The average molecular weight is 240 g/mol. The lowest BCUT2D eigenvalue weighted by molar-refractivity contribution is 0.324. The first-order valence-corrected chi connectivity index (χ1v) is 7.23. The fourth-order valence-electron chi connectivity index (χ4n) is 1.47. The SMILES string of the molecule is CCCCS(=O)(=O)NCC1CC(Cl)C1. The van der Waals surface area contributed by atoms with Gasteiger partial charge in [-0.25, -0.2) is 13.1 Å². The summed E-state index contributed by atoms with van der Waals surface area (Å²) < 4.78 is 25.4. The van der Waals surface area contributed by atoms with Crippen molar-refractivity contribution >= 4 is 21.6 Å². The van der Waals surface area contributed by atoms with Gasteiger partial charge in [0, 0.05) is 11.9 Å². The Bertz CT molecular complexity index is 260. The molecule has 1 fully saturated rings. The van der Waals surface area contributed by atoms with E-state index in [9.17, 15) is 8.42 Å². The maximum atomic E-state index is 11.4. The summed E-state index contributed by atoms with van der Waals surface area (Å²) >= 11 is 5.80. The molecule has 0 radical (unpaired) electrons. The molecule has 0 saturated heterocycles. The Hall–Kier alpha value is 0.200. The number of hydrogen-bond acceptors (Lipinski definition) is 2. The third-order valence-electron chi connectivity index (χ3n) is 2.54. The number of unbranched alkanes of at least 4 members (excludes halogenated alkanes) is 1. The van der Waals surface area contributed by atoms with Gasteiger partial charge >= 0.3 is 0 Å². The van der Waals surface area contributed by atoms with Crippen molar-refractivity contribution in [2.75, 3.05) is 12.3 Å². The third-order valence-corrected chi connectivity index (χ3v) is 4.33. The summed E-state index contributed by atoms with van der Waals surface area (Å²) in [5, 5.41) is 0.264. The molecule has 3 nitrogen and oxygen atoms in total. The van der Waals surface area contributed by atoms with Crippen LogP contribution in [-0.4, -0.2) is 26.1 Å². The molecular formula is C9H18ClNO2S. The maximum absolute atomic E-state index is 11.4. The van der Waals surface area contributed by atoms with Crippen molar-refractivity contribution in [1.82, 2.24) is 4.72 Å². The second kappa shape index (κ2) is 5.33. The topological polar surface area (TPSA) is 46.2 Å². The van der Waals surface area contributed by atoms with Gasteiger partial charge in [-0.05, 0) is 25.2 Å². The highest BCUT2D eigenvalue weighted by molar-refractivity contribution is 7.89. The minimum atomic E-state index is -3.03. The van der Waals surface area contributed by atoms with Gasteiger partial charge in [0.2, 0.25) is 10.0 Å². The van der Waals surface area contributed by atoms with Gasteiger partial charge in [0.05, 0.1) is 5.75 Å². The van der Waals surface area contributed by atoms with E-state index < -0.39 is 10.0 Å². The predicted molar refractivity (Wildman–Crippen MR) is 59.1 cm³/mol. The molecule has 0 aromatic carbocycles. The van der Waals surface area contributed by atoms with Crippen LogP contribution in [0.1, 0.15) is 32.6 Å². The highest BCUT2D eigenvalue weighted by Crippen LogP contribution is 2.31. The summed E-state index contributed by atoms with van der Waals surface area (Å²) in [6.07, 6.45) is 3.53. The molecule has 1 rings (SSSR count). The Morgan fingerprint density at radius 2 is 2.07 bits per heavy atom. The summed E-state index contributed by atoms with van der Waals surface area (Å²) in [6.45, 7) is 2.55. The molecule has 0 aromatic rings. The second-order valence-corrected chi connectivity index (χ2v) is 6.50. The Morgan fingerprint density at radius 1 is 1.43 bits per heavy atom. The van der Waals surface area contributed by atoms with Crippen molar-refractivity contribution < 1.29 is 8.42 Å². The number of alkyl halides is 1. The third kappa shape index (κ3) is 4.15. The number of hydrogen-bond donors (Lipinski definition) is 1. The fraction of sp³-hybridized carbons (Fsp3) is 1.00. The van der Waals surface area contributed by atoms with Gasteiger partial charge in [0.15, 0.2) is 0 Å². The van der Waals surface area contributed by atoms with Crippen molar-refractivity contribution in [1.29, 1.82) is 0 Å². The monoisotopic (exact) mass is 239 g/mol. The van der Waals surface area contributed by atoms with Crippen LogP contribution in [0.5, 0.6) is 0 Å². The van der Waals surface area contributed by atoms with Crippen LogP contribution in [0.25, 0.3) is 0 Å². The fourth-order valence-corrected chi connectivity index (χ4v) is 3.28. The number of halogens is 1. The van der Waals surface area contributed by atoms with Crippen LogP contribution in [-0.2, 0) is 10.0 Å². The van der Waals surface area contributed by atoms with Crippen LogP contribution in [0.4, 0.5) is 0 Å². The Kier molecular flexibility index (Phi) is 4.67. The molecule has 0 spiro atoms. The first-order valence-electron chi connectivity index (χ1n) is 5.15. The molecule has 0 bridgehead atoms. The van der Waals surface area contributed by atoms with E-state index in [4.69, 9.17) is 11.6 Å². The lowest BCUT2D eigenvalue weighted by atomic mass is 9.85. The van der Waals surface area contributed by atoms with E-state index in [1.165, 1.54) is 0 Å². The van der Waals surface area contributed by atoms with Crippen LogP contribution in [0.2, 0.25) is 0 Å². The molecule has 84 valence electrons. The molecule has 0 atom stereocenters. The van der Waals surface area contributed by atoms with Crippen LogP contribution in [0, 0.1) is 5.92 Å². The van der Waals surface area contributed by atoms with Gasteiger partial charge in [-0.15, -0.1) is 11.6 Å². The van der Waals surface area contributed by atoms with Gasteiger partial charge in [0.1, 0.15) is 0 Å². The van der Waals surface area contributed by atoms with Crippen molar-refractivity contribution in [2.24, 2.45) is 5.92 Å². The number of sulfonamides is 1. The molecule has 14 heavy (non-hydrogen) atoms. The molecule has 1 aliphatic carbocycles. The van der Waals surface area contributed by atoms with Crippen LogP contribution in [0.15, 0.2) is 0 Å². The first-order chi connectivity index (χ1) is 6.53. The normalized spacial score (nSPS) is 27.3. The van der Waals surface area contributed by atoms with E-state index in [1.54, 1.807) is 0 Å². The van der Waals surface area contributed by atoms with Gasteiger partial charge in [-0.1, -0.05) is 13.3 Å². The Balaban J connectivity index is 2.16. The molecule has 0 aromatic heterocycles. The first kappa shape index (κ1) is 12.3. The molecule has 0 heterocycles. The van der Waals surface area contributed by atoms with E-state index in [1.807, 2.05) is 6.92 Å². The quantitative estimate of drug-likeness (QED) is 0.718. The van der Waals surface area contributed by atoms with Crippen molar-refractivity contribution in [3.8, 4) is 0 Å². The predicted octanol–water partition coefficient (Wildman–Crippen LogP) is 1.72. The highest BCUT2D eigenvalue weighted by atomic mass is 35.5. The van der Waals surface area contributed by atoms with Gasteiger partial charge in [-0.3, -0.25) is 0 Å². The Labute approximate surface area is 91.3 Å². The summed E-state index contributed by atoms with van der Waals surface area (Å²) in [6, 6.07) is 0. The average Bonchev–Trinajstić information content (AvgIpc) is 2.07. The molecule has 1 N–H and O–H groups in total. The van der Waals surface area contributed by atoms with E-state index in [2.05, 4.69) is 4.72 Å². The van der Waals surface area contributed by atoms with Crippen molar-refractivity contribution in [3.05, 3.63) is 0 Å². The van der Waals surface area contributed by atoms with E-state index >= 15 is 0 Å². The largest absolute Gasteiger partial charge is 0.215 e. The minimum absolute atomic E-state index is 0.251. The van der Waals surface area contributed by atoms with Gasteiger partial charge in [0.25, 0.3) is 0 Å². The smallest absolute Gasteiger partial charge is 0.211 e. The van der Waals surface area contributed by atoms with E-state index in [0.717, 1.165) is 25.7 Å². The summed E-state index contributed by atoms with van der Waals surface area (Å²) in [5.41, 5.74) is 0. The summed E-state index contributed by atoms with van der Waals surface area (Å²) in [4.78, 5) is 0. The van der Waals surface area contributed by atoms with Gasteiger partial charge < -0.3 is 0 Å². The molecule has 1 aliphatic rings. The molecule has 0 aliphatic heterocycles. The number of rotatable bonds is 6. The minimum Gasteiger partial charge on any atom is -0.215 e. The lowest BCUT2D eigenvalue weighted by Crippen LogP contribution is -2.37. The van der Waals surface area contributed by atoms with Crippen molar-refractivity contribution in [2.45, 2.75) is 38.0 Å². The van der Waals surface area contributed by atoms with E-state index in [-0.39, 0.29) is 11.1 Å². The maximum Gasteiger partial charge on any atom is 0.211 e. The van der Waals surface area contributed by atoms with Crippen LogP contribution in [0.3, 0.4) is 0 Å². The zero-order valence-corrected chi connectivity index (χ0v) is 10.1. The van der Waals surface area contributed by atoms with Gasteiger partial charge in [-0.2, -0.15) is 0 Å². The summed E-state index contributed by atoms with van der Waals surface area (Å²) in [7, 11) is -3.03. The Morgan fingerprint density at radius 3 is 2.57 bits per heavy atom. The highest BCUT2D eigenvalue weighted by Gasteiger charge is 2.27. The zero-order chi connectivity index (χ0) is 10.6. The zero-order valence-electron chi connectivity index (χ0n) is 8.50. The van der Waals surface area contributed by atoms with Crippen LogP contribution < -0.4 is 4.72 Å². The summed E-state index contributed by atoms with van der Waals surface area (Å²) in [5.74, 6) is 0.703. The standard InChI is InChI=1S/C9H18ClNO2S/c1-2-3-4-14(12,13)11-7-8-5-9(10)6-8/h8-9,11H,2-7H2,1H3. The molecule has 0 amide bonds. The molecule has 5 heteroatoms.